The number of hydrogen-bond donors (Lipinski definition) is 3. The lowest BCUT2D eigenvalue weighted by atomic mass is 9.93. The summed E-state index contributed by atoms with van der Waals surface area (Å²) in [4.78, 5) is 0. The van der Waals surface area contributed by atoms with Crippen molar-refractivity contribution in [1.82, 2.24) is 5.54 Å². The molecule has 0 saturated carbocycles. The summed E-state index contributed by atoms with van der Waals surface area (Å²) < 4.78 is 41.6. The zero-order valence-electron chi connectivity index (χ0n) is 25.1. The van der Waals surface area contributed by atoms with E-state index >= 15 is 0 Å². The first kappa shape index (κ1) is 35.3. The summed E-state index contributed by atoms with van der Waals surface area (Å²) in [5, 5.41) is 20.0. The maximum absolute atomic E-state index is 13.7. The van der Waals surface area contributed by atoms with Crippen LogP contribution in [0.5, 0.6) is 0 Å². The third kappa shape index (κ3) is 8.89. The third-order valence-electron chi connectivity index (χ3n) is 9.41. The molecule has 222 valence electrons. The van der Waals surface area contributed by atoms with Crippen LogP contribution in [0.1, 0.15) is 68.7 Å². The minimum atomic E-state index is -2.15. The van der Waals surface area contributed by atoms with Crippen molar-refractivity contribution in [2.75, 3.05) is 6.54 Å². The van der Waals surface area contributed by atoms with E-state index in [4.69, 9.17) is 18.0 Å². The van der Waals surface area contributed by atoms with Gasteiger partial charge < -0.3 is 28.2 Å². The second kappa shape index (κ2) is 16.5. The lowest BCUT2D eigenvalue weighted by Crippen LogP contribution is -2.68. The predicted molar refractivity (Wildman–Crippen MR) is 157 cm³/mol. The van der Waals surface area contributed by atoms with Crippen LogP contribution in [0.15, 0.2) is 0 Å². The molecule has 7 nitrogen and oxygen atoms in total. The van der Waals surface area contributed by atoms with Gasteiger partial charge in [-0.05, 0) is 54.4 Å². The standard InChI is InChI=1S/C26H58FNO6Si3/c1-10-35(11-2,12-3)32-24-21(19-23(29)30)31-22(20-28-27)25(33-36(13-4,14-5)15-6)26(24)34-37(16-7,17-8)18-9/h21-26,28-30H,10-20H2,1-9H3/t21-,22-,24-,25+,26+/m1/s1. The van der Waals surface area contributed by atoms with E-state index < -0.39 is 61.8 Å². The first-order valence-corrected chi connectivity index (χ1v) is 22.5. The van der Waals surface area contributed by atoms with E-state index in [1.807, 2.05) is 5.54 Å². The van der Waals surface area contributed by atoms with Gasteiger partial charge in [0.1, 0.15) is 18.3 Å². The summed E-state index contributed by atoms with van der Waals surface area (Å²) in [6, 6.07) is 8.62. The van der Waals surface area contributed by atoms with Gasteiger partial charge in [0.25, 0.3) is 0 Å². The summed E-state index contributed by atoms with van der Waals surface area (Å²) in [6.07, 6.45) is -4.25. The van der Waals surface area contributed by atoms with Gasteiger partial charge >= 0.3 is 0 Å². The minimum absolute atomic E-state index is 0.0154. The van der Waals surface area contributed by atoms with Gasteiger partial charge in [0.05, 0.1) is 18.8 Å². The van der Waals surface area contributed by atoms with Crippen LogP contribution < -0.4 is 5.54 Å². The molecule has 1 fully saturated rings. The van der Waals surface area contributed by atoms with E-state index in [0.717, 1.165) is 54.4 Å². The molecule has 1 rings (SSSR count). The fourth-order valence-electron chi connectivity index (χ4n) is 5.91. The van der Waals surface area contributed by atoms with Crippen LogP contribution in [0, 0.1) is 0 Å². The third-order valence-corrected chi connectivity index (χ3v) is 23.3. The molecule has 0 bridgehead atoms. The summed E-state index contributed by atoms with van der Waals surface area (Å²) in [7, 11) is -6.42. The average Bonchev–Trinajstić information content (AvgIpc) is 2.91. The van der Waals surface area contributed by atoms with Crippen molar-refractivity contribution in [3.05, 3.63) is 0 Å². The van der Waals surface area contributed by atoms with E-state index in [1.54, 1.807) is 0 Å². The molecular weight excluding hydrogens is 526 g/mol. The second-order valence-electron chi connectivity index (χ2n) is 10.7. The number of ether oxygens (including phenoxy) is 1. The number of rotatable bonds is 19. The number of hydrogen-bond acceptors (Lipinski definition) is 7. The Morgan fingerprint density at radius 2 is 0.946 bits per heavy atom. The van der Waals surface area contributed by atoms with Crippen molar-refractivity contribution >= 4 is 25.0 Å². The highest BCUT2D eigenvalue weighted by Gasteiger charge is 2.54. The van der Waals surface area contributed by atoms with Crippen molar-refractivity contribution in [2.24, 2.45) is 0 Å². The fourth-order valence-corrected chi connectivity index (χ4v) is 14.5. The van der Waals surface area contributed by atoms with Gasteiger partial charge in [0.15, 0.2) is 31.2 Å². The number of aliphatic hydroxyl groups is 2. The SMILES string of the molecule is CC[Si](CC)(CC)O[C@@H]1[C@@H](O[Si](CC)(CC)CC)[C@@H](CNF)O[C@H](CC(O)O)[C@H]1O[Si](CC)(CC)CC. The van der Waals surface area contributed by atoms with E-state index in [-0.39, 0.29) is 13.0 Å². The normalized spacial score (nSPS) is 25.7. The molecule has 0 aliphatic carbocycles. The van der Waals surface area contributed by atoms with Crippen molar-refractivity contribution < 1.29 is 32.7 Å². The summed E-state index contributed by atoms with van der Waals surface area (Å²) in [6.45, 7) is 19.7. The Kier molecular flexibility index (Phi) is 15.8. The minimum Gasteiger partial charge on any atom is -0.409 e. The first-order valence-electron chi connectivity index (χ1n) is 15.0. The van der Waals surface area contributed by atoms with Gasteiger partial charge in [-0.1, -0.05) is 62.3 Å². The molecule has 1 heterocycles. The van der Waals surface area contributed by atoms with E-state index in [2.05, 4.69) is 62.3 Å². The molecule has 1 aliphatic rings. The van der Waals surface area contributed by atoms with Crippen molar-refractivity contribution in [1.29, 1.82) is 0 Å². The maximum Gasteiger partial charge on any atom is 0.192 e. The second-order valence-corrected chi connectivity index (χ2v) is 24.9. The molecule has 1 saturated heterocycles. The molecule has 1 aliphatic heterocycles. The molecule has 0 aromatic carbocycles. The zero-order valence-corrected chi connectivity index (χ0v) is 28.1. The fraction of sp³-hybridized carbons (Fsp3) is 1.00. The molecule has 0 spiro atoms. The Bertz CT molecular complexity index is 598. The van der Waals surface area contributed by atoms with Gasteiger partial charge in [-0.3, -0.25) is 0 Å². The highest BCUT2D eigenvalue weighted by molar-refractivity contribution is 6.74. The molecule has 3 N–H and O–H groups in total. The topological polar surface area (TPSA) is 89.4 Å². The average molecular weight is 584 g/mol. The van der Waals surface area contributed by atoms with Crippen LogP contribution in [0.25, 0.3) is 0 Å². The van der Waals surface area contributed by atoms with Crippen LogP contribution in [-0.4, -0.2) is 78.5 Å². The van der Waals surface area contributed by atoms with Crippen LogP contribution in [0.3, 0.4) is 0 Å². The quantitative estimate of drug-likeness (QED) is 0.0962. The lowest BCUT2D eigenvalue weighted by molar-refractivity contribution is -0.223. The molecule has 37 heavy (non-hydrogen) atoms. The zero-order chi connectivity index (χ0) is 28.3. The van der Waals surface area contributed by atoms with E-state index in [9.17, 15) is 14.7 Å². The Labute approximate surface area is 229 Å². The number of aliphatic hydroxyl groups excluding tert-OH is 1. The summed E-state index contributed by atoms with van der Waals surface area (Å²) in [5.74, 6) is 0. The monoisotopic (exact) mass is 583 g/mol. The number of nitrogens with one attached hydrogen (secondary N) is 1. The van der Waals surface area contributed by atoms with E-state index in [0.29, 0.717) is 0 Å². The van der Waals surface area contributed by atoms with E-state index in [1.165, 1.54) is 0 Å². The highest BCUT2D eigenvalue weighted by atomic mass is 28.4. The lowest BCUT2D eigenvalue weighted by Gasteiger charge is -2.53. The summed E-state index contributed by atoms with van der Waals surface area (Å²) in [5.41, 5.74) is 1.81. The summed E-state index contributed by atoms with van der Waals surface area (Å²) >= 11 is 0. The molecule has 5 atom stereocenters. The Balaban J connectivity index is 3.78. The van der Waals surface area contributed by atoms with Crippen molar-refractivity contribution in [2.45, 2.75) is 160 Å². The molecule has 11 heteroatoms. The van der Waals surface area contributed by atoms with Gasteiger partial charge in [0.2, 0.25) is 0 Å². The van der Waals surface area contributed by atoms with Gasteiger partial charge in [-0.15, -0.1) is 4.48 Å². The maximum atomic E-state index is 13.7. The van der Waals surface area contributed by atoms with Gasteiger partial charge in [-0.25, -0.2) is 0 Å². The molecule has 0 amide bonds. The molecular formula is C26H58FNO6Si3. The van der Waals surface area contributed by atoms with Crippen LogP contribution in [-0.2, 0) is 18.0 Å². The smallest absolute Gasteiger partial charge is 0.192 e. The Hall–Kier alpha value is 0.301. The molecule has 0 radical (unpaired) electrons. The van der Waals surface area contributed by atoms with Crippen LogP contribution in [0.4, 0.5) is 4.48 Å². The van der Waals surface area contributed by atoms with Gasteiger partial charge in [0, 0.05) is 6.42 Å². The van der Waals surface area contributed by atoms with Gasteiger partial charge in [-0.2, -0.15) is 5.54 Å². The largest absolute Gasteiger partial charge is 0.409 e. The predicted octanol–water partition coefficient (Wildman–Crippen LogP) is 6.10. The Morgan fingerprint density at radius 3 is 1.24 bits per heavy atom. The Morgan fingerprint density at radius 1 is 0.622 bits per heavy atom. The molecule has 0 unspecified atom stereocenters. The molecule has 0 aromatic heterocycles. The van der Waals surface area contributed by atoms with Crippen molar-refractivity contribution in [3.8, 4) is 0 Å². The first-order chi connectivity index (χ1) is 17.6. The highest BCUT2D eigenvalue weighted by Crippen LogP contribution is 2.39. The number of halogens is 1. The molecule has 0 aromatic rings. The van der Waals surface area contributed by atoms with Crippen LogP contribution in [0.2, 0.25) is 54.4 Å². The van der Waals surface area contributed by atoms with Crippen LogP contribution >= 0.6 is 0 Å². The van der Waals surface area contributed by atoms with Crippen molar-refractivity contribution in [3.63, 3.8) is 0 Å².